The van der Waals surface area contributed by atoms with Crippen molar-refractivity contribution in [3.05, 3.63) is 69.8 Å². The van der Waals surface area contributed by atoms with E-state index in [1.54, 1.807) is 23.1 Å². The monoisotopic (exact) mass is 566 g/mol. The van der Waals surface area contributed by atoms with Crippen LogP contribution >= 0.6 is 22.9 Å². The Balaban J connectivity index is 1.30. The number of amides is 3. The van der Waals surface area contributed by atoms with Gasteiger partial charge in [-0.1, -0.05) is 55.8 Å². The number of anilines is 1. The summed E-state index contributed by atoms with van der Waals surface area (Å²) in [6.45, 7) is 6.42. The maximum Gasteiger partial charge on any atom is 0.275 e. The number of hydrogen-bond acceptors (Lipinski definition) is 6. The molecule has 2 fully saturated rings. The minimum Gasteiger partial charge on any atom is -0.370 e. The molecule has 2 aliphatic heterocycles. The zero-order valence-electron chi connectivity index (χ0n) is 22.0. The van der Waals surface area contributed by atoms with Crippen LogP contribution in [0.4, 0.5) is 5.69 Å². The first-order chi connectivity index (χ1) is 18.8. The largest absolute Gasteiger partial charge is 0.370 e. The third-order valence-corrected chi connectivity index (χ3v) is 8.79. The van der Waals surface area contributed by atoms with Crippen LogP contribution in [-0.2, 0) is 9.53 Å². The van der Waals surface area contributed by atoms with Crippen molar-refractivity contribution in [3.63, 3.8) is 0 Å². The van der Waals surface area contributed by atoms with Crippen LogP contribution in [0.15, 0.2) is 48.5 Å². The molecular weight excluding hydrogens is 536 g/mol. The Morgan fingerprint density at radius 1 is 1.10 bits per heavy atom. The van der Waals surface area contributed by atoms with E-state index < -0.39 is 0 Å². The molecule has 3 heterocycles. The smallest absolute Gasteiger partial charge is 0.275 e. The molecule has 39 heavy (non-hydrogen) atoms. The first kappa shape index (κ1) is 27.3. The number of thiazole rings is 1. The number of halogens is 1. The predicted molar refractivity (Wildman–Crippen MR) is 153 cm³/mol. The molecule has 3 amide bonds. The number of piperidine rings is 1. The second kappa shape index (κ2) is 11.9. The Kier molecular flexibility index (Phi) is 8.30. The Bertz CT molecular complexity index is 1370. The van der Waals surface area contributed by atoms with Crippen LogP contribution in [-0.4, -0.2) is 71.4 Å². The van der Waals surface area contributed by atoms with Crippen LogP contribution in [0.2, 0.25) is 5.02 Å². The number of nitrogens with one attached hydrogen (secondary N) is 1. The lowest BCUT2D eigenvalue weighted by atomic mass is 10.0. The van der Waals surface area contributed by atoms with Crippen LogP contribution in [0.5, 0.6) is 0 Å². The molecule has 5 rings (SSSR count). The number of morpholine rings is 1. The first-order valence-electron chi connectivity index (χ1n) is 13.2. The fourth-order valence-electron chi connectivity index (χ4n) is 4.95. The predicted octanol–water partition coefficient (Wildman–Crippen LogP) is 5.30. The normalized spacial score (nSPS) is 16.6. The van der Waals surface area contributed by atoms with Gasteiger partial charge in [0.2, 0.25) is 5.91 Å². The molecule has 2 saturated heterocycles. The van der Waals surface area contributed by atoms with E-state index in [1.165, 1.54) is 11.3 Å². The number of rotatable bonds is 6. The molecule has 0 spiro atoms. The highest BCUT2D eigenvalue weighted by atomic mass is 35.5. The maximum atomic E-state index is 13.4. The third kappa shape index (κ3) is 6.00. The summed E-state index contributed by atoms with van der Waals surface area (Å²) in [5.41, 5.74) is 2.10. The standard InChI is InChI=1S/C29H31ClN4O4S/c1-18(2)28-32-25(26(39-28)19-6-4-3-5-7-19)27(36)31-20-8-9-23(30)22(16-20)29(37)33-12-10-21(11-13-33)34-14-15-38-17-24(34)35/h3-9,16,18,21H,10-15,17H2,1-2H3,(H,31,36). The number of hydrogen-bond donors (Lipinski definition) is 1. The van der Waals surface area contributed by atoms with E-state index in [2.05, 4.69) is 10.3 Å². The van der Waals surface area contributed by atoms with E-state index in [9.17, 15) is 14.4 Å². The van der Waals surface area contributed by atoms with E-state index >= 15 is 0 Å². The molecular formula is C29H31ClN4O4S. The zero-order valence-corrected chi connectivity index (χ0v) is 23.6. The molecule has 0 radical (unpaired) electrons. The molecule has 0 unspecified atom stereocenters. The second-order valence-corrected chi connectivity index (χ2v) is 11.5. The van der Waals surface area contributed by atoms with E-state index in [1.807, 2.05) is 49.1 Å². The van der Waals surface area contributed by atoms with Crippen molar-refractivity contribution < 1.29 is 19.1 Å². The van der Waals surface area contributed by atoms with E-state index in [4.69, 9.17) is 16.3 Å². The van der Waals surface area contributed by atoms with Crippen LogP contribution in [0.25, 0.3) is 10.4 Å². The number of ether oxygens (including phenoxy) is 1. The van der Waals surface area contributed by atoms with E-state index in [0.717, 1.165) is 15.4 Å². The highest BCUT2D eigenvalue weighted by Crippen LogP contribution is 2.34. The van der Waals surface area contributed by atoms with Crippen molar-refractivity contribution >= 4 is 46.3 Å². The molecule has 0 bridgehead atoms. The number of benzene rings is 2. The molecule has 3 aromatic rings. The summed E-state index contributed by atoms with van der Waals surface area (Å²) in [6, 6.07) is 14.8. The fraction of sp³-hybridized carbons (Fsp3) is 0.379. The van der Waals surface area contributed by atoms with Gasteiger partial charge in [0, 0.05) is 37.3 Å². The fourth-order valence-corrected chi connectivity index (χ4v) is 6.22. The topological polar surface area (TPSA) is 91.8 Å². The van der Waals surface area contributed by atoms with Crippen molar-refractivity contribution in [1.29, 1.82) is 0 Å². The quantitative estimate of drug-likeness (QED) is 0.437. The Morgan fingerprint density at radius 3 is 2.54 bits per heavy atom. The average molecular weight is 567 g/mol. The Labute approximate surface area is 236 Å². The summed E-state index contributed by atoms with van der Waals surface area (Å²) >= 11 is 7.95. The highest BCUT2D eigenvalue weighted by molar-refractivity contribution is 7.15. The minimum atomic E-state index is -0.339. The minimum absolute atomic E-state index is 0.00793. The van der Waals surface area contributed by atoms with Gasteiger partial charge < -0.3 is 19.9 Å². The van der Waals surface area contributed by atoms with Gasteiger partial charge in [-0.3, -0.25) is 14.4 Å². The van der Waals surface area contributed by atoms with Gasteiger partial charge >= 0.3 is 0 Å². The number of nitrogens with zero attached hydrogens (tertiary/aromatic N) is 3. The molecule has 0 aliphatic carbocycles. The summed E-state index contributed by atoms with van der Waals surface area (Å²) in [4.78, 5) is 48.1. The number of carbonyl (C=O) groups excluding carboxylic acids is 3. The molecule has 8 nitrogen and oxygen atoms in total. The molecule has 0 saturated carbocycles. The van der Waals surface area contributed by atoms with Gasteiger partial charge in [-0.25, -0.2) is 4.98 Å². The first-order valence-corrected chi connectivity index (χ1v) is 14.3. The number of aromatic nitrogens is 1. The molecule has 1 N–H and O–H groups in total. The van der Waals surface area contributed by atoms with Crippen molar-refractivity contribution in [1.82, 2.24) is 14.8 Å². The summed E-state index contributed by atoms with van der Waals surface area (Å²) in [6.07, 6.45) is 1.41. The van der Waals surface area contributed by atoms with Gasteiger partial charge in [0.05, 0.1) is 27.1 Å². The number of carbonyl (C=O) groups is 3. The average Bonchev–Trinajstić information content (AvgIpc) is 3.41. The zero-order chi connectivity index (χ0) is 27.5. The van der Waals surface area contributed by atoms with Crippen molar-refractivity contribution in [3.8, 4) is 10.4 Å². The Morgan fingerprint density at radius 2 is 1.85 bits per heavy atom. The lowest BCUT2D eigenvalue weighted by Gasteiger charge is -2.40. The molecule has 2 aromatic carbocycles. The summed E-state index contributed by atoms with van der Waals surface area (Å²) in [5.74, 6) is -0.338. The van der Waals surface area contributed by atoms with Crippen LogP contribution < -0.4 is 5.32 Å². The van der Waals surface area contributed by atoms with Gasteiger partial charge in [0.1, 0.15) is 12.3 Å². The highest BCUT2D eigenvalue weighted by Gasteiger charge is 2.32. The second-order valence-electron chi connectivity index (χ2n) is 10.1. The van der Waals surface area contributed by atoms with Crippen LogP contribution in [0.3, 0.4) is 0 Å². The molecule has 2 aliphatic rings. The lowest BCUT2D eigenvalue weighted by Crippen LogP contribution is -2.52. The van der Waals surface area contributed by atoms with Gasteiger partial charge in [-0.2, -0.15) is 0 Å². The third-order valence-electron chi connectivity index (χ3n) is 7.06. The van der Waals surface area contributed by atoms with Crippen molar-refractivity contribution in [2.45, 2.75) is 38.6 Å². The van der Waals surface area contributed by atoms with Gasteiger partial charge in [-0.05, 0) is 36.6 Å². The summed E-state index contributed by atoms with van der Waals surface area (Å²) in [5, 5.41) is 4.13. The van der Waals surface area contributed by atoms with Crippen LogP contribution in [0, 0.1) is 0 Å². The van der Waals surface area contributed by atoms with E-state index in [-0.39, 0.29) is 36.3 Å². The van der Waals surface area contributed by atoms with Crippen LogP contribution in [0.1, 0.15) is 58.5 Å². The van der Waals surface area contributed by atoms with Gasteiger partial charge in [-0.15, -0.1) is 11.3 Å². The number of likely N-dealkylation sites (tertiary alicyclic amines) is 1. The summed E-state index contributed by atoms with van der Waals surface area (Å²) in [7, 11) is 0. The molecule has 0 atom stereocenters. The maximum absolute atomic E-state index is 13.4. The van der Waals surface area contributed by atoms with Crippen molar-refractivity contribution in [2.75, 3.05) is 38.2 Å². The summed E-state index contributed by atoms with van der Waals surface area (Å²) < 4.78 is 5.24. The molecule has 204 valence electrons. The van der Waals surface area contributed by atoms with E-state index in [0.29, 0.717) is 61.1 Å². The van der Waals surface area contributed by atoms with Gasteiger partial charge in [0.25, 0.3) is 11.8 Å². The molecule has 10 heteroatoms. The van der Waals surface area contributed by atoms with Gasteiger partial charge in [0.15, 0.2) is 0 Å². The molecule has 1 aromatic heterocycles. The lowest BCUT2D eigenvalue weighted by molar-refractivity contribution is -0.146. The SMILES string of the molecule is CC(C)c1nc(C(=O)Nc2ccc(Cl)c(C(=O)N3CCC(N4CCOCC4=O)CC3)c2)c(-c2ccccc2)s1. The van der Waals surface area contributed by atoms with Crippen molar-refractivity contribution in [2.24, 2.45) is 0 Å². The Hall–Kier alpha value is -3.27.